The molecule has 0 saturated carbocycles. The zero-order valence-electron chi connectivity index (χ0n) is 9.48. The smallest absolute Gasteiger partial charge is 0.0701 e. The lowest BCUT2D eigenvalue weighted by atomic mass is 10.1. The number of hydrogen-bond acceptors (Lipinski definition) is 3. The maximum absolute atomic E-state index is 9.24. The van der Waals surface area contributed by atoms with Gasteiger partial charge in [-0.15, -0.1) is 0 Å². The number of para-hydroxylation sites is 1. The highest BCUT2D eigenvalue weighted by Gasteiger charge is 2.13. The lowest BCUT2D eigenvalue weighted by molar-refractivity contribution is 0.144. The summed E-state index contributed by atoms with van der Waals surface area (Å²) in [6, 6.07) is 8.39. The van der Waals surface area contributed by atoms with E-state index in [0.29, 0.717) is 6.04 Å². The summed E-state index contributed by atoms with van der Waals surface area (Å²) in [5.41, 5.74) is 2.02. The second kappa shape index (κ2) is 5.87. The summed E-state index contributed by atoms with van der Waals surface area (Å²) in [6.45, 7) is 1.80. The van der Waals surface area contributed by atoms with Gasteiger partial charge in [0.05, 0.1) is 6.61 Å². The minimum absolute atomic E-state index is 0.0897. The van der Waals surface area contributed by atoms with Gasteiger partial charge in [-0.25, -0.2) is 0 Å². The highest BCUT2D eigenvalue weighted by molar-refractivity contribution is 5.51. The Hall–Kier alpha value is -1.06. The van der Waals surface area contributed by atoms with E-state index in [0.717, 1.165) is 43.7 Å². The molecule has 1 aliphatic heterocycles. The summed E-state index contributed by atoms with van der Waals surface area (Å²) in [6.07, 6.45) is 3.29. The van der Waals surface area contributed by atoms with Crippen LogP contribution in [0.25, 0.3) is 0 Å². The quantitative estimate of drug-likeness (QED) is 0.822. The summed E-state index contributed by atoms with van der Waals surface area (Å²) in [4.78, 5) is 0. The SMILES string of the molecule is OCc1ccccc1NC1CCCOCC1. The van der Waals surface area contributed by atoms with Gasteiger partial charge in [-0.05, 0) is 25.3 Å². The van der Waals surface area contributed by atoms with Crippen molar-refractivity contribution in [3.8, 4) is 0 Å². The van der Waals surface area contributed by atoms with Crippen LogP contribution in [0, 0.1) is 0 Å². The van der Waals surface area contributed by atoms with Crippen molar-refractivity contribution in [3.05, 3.63) is 29.8 Å². The zero-order valence-corrected chi connectivity index (χ0v) is 9.48. The first-order valence-electron chi connectivity index (χ1n) is 5.93. The average Bonchev–Trinajstić information content (AvgIpc) is 2.58. The second-order valence-electron chi connectivity index (χ2n) is 4.20. The predicted molar refractivity (Wildman–Crippen MR) is 64.4 cm³/mol. The van der Waals surface area contributed by atoms with E-state index in [9.17, 15) is 5.11 Å². The predicted octanol–water partition coefficient (Wildman–Crippen LogP) is 2.16. The molecule has 0 amide bonds. The Morgan fingerprint density at radius 1 is 1.25 bits per heavy atom. The highest BCUT2D eigenvalue weighted by atomic mass is 16.5. The van der Waals surface area contributed by atoms with Crippen LogP contribution in [0.5, 0.6) is 0 Å². The van der Waals surface area contributed by atoms with E-state index in [-0.39, 0.29) is 6.61 Å². The van der Waals surface area contributed by atoms with Crippen LogP contribution in [0.2, 0.25) is 0 Å². The molecule has 0 bridgehead atoms. The fourth-order valence-electron chi connectivity index (χ4n) is 2.07. The normalized spacial score (nSPS) is 21.4. The molecule has 1 fully saturated rings. The molecule has 1 aliphatic rings. The van der Waals surface area contributed by atoms with Gasteiger partial charge in [-0.2, -0.15) is 0 Å². The van der Waals surface area contributed by atoms with Crippen molar-refractivity contribution in [2.24, 2.45) is 0 Å². The third kappa shape index (κ3) is 2.97. The van der Waals surface area contributed by atoms with Gasteiger partial charge in [0.15, 0.2) is 0 Å². The molecule has 3 heteroatoms. The van der Waals surface area contributed by atoms with Crippen molar-refractivity contribution in [2.75, 3.05) is 18.5 Å². The Balaban J connectivity index is 2.01. The van der Waals surface area contributed by atoms with Crippen molar-refractivity contribution >= 4 is 5.69 Å². The maximum Gasteiger partial charge on any atom is 0.0701 e. The maximum atomic E-state index is 9.24. The number of ether oxygens (including phenoxy) is 1. The molecule has 1 aromatic rings. The summed E-state index contributed by atoms with van der Waals surface area (Å²) in [5.74, 6) is 0. The Labute approximate surface area is 96.4 Å². The lowest BCUT2D eigenvalue weighted by Gasteiger charge is -2.19. The van der Waals surface area contributed by atoms with E-state index < -0.39 is 0 Å². The molecular formula is C13H19NO2. The standard InChI is InChI=1S/C13H19NO2/c15-10-11-4-1-2-6-13(11)14-12-5-3-8-16-9-7-12/h1-2,4,6,12,14-15H,3,5,7-10H2. The van der Waals surface area contributed by atoms with Crippen molar-refractivity contribution in [3.63, 3.8) is 0 Å². The molecule has 0 aromatic heterocycles. The number of benzene rings is 1. The first kappa shape index (κ1) is 11.4. The summed E-state index contributed by atoms with van der Waals surface area (Å²) < 4.78 is 5.43. The van der Waals surface area contributed by atoms with Crippen LogP contribution < -0.4 is 5.32 Å². The fourth-order valence-corrected chi connectivity index (χ4v) is 2.07. The van der Waals surface area contributed by atoms with Crippen LogP contribution >= 0.6 is 0 Å². The first-order chi connectivity index (χ1) is 7.90. The number of aliphatic hydroxyl groups is 1. The van der Waals surface area contributed by atoms with Crippen LogP contribution in [-0.2, 0) is 11.3 Å². The van der Waals surface area contributed by atoms with E-state index in [1.807, 2.05) is 24.3 Å². The van der Waals surface area contributed by atoms with Gasteiger partial charge in [-0.1, -0.05) is 18.2 Å². The monoisotopic (exact) mass is 221 g/mol. The molecule has 1 heterocycles. The van der Waals surface area contributed by atoms with Crippen molar-refractivity contribution in [1.29, 1.82) is 0 Å². The van der Waals surface area contributed by atoms with E-state index in [1.54, 1.807) is 0 Å². The second-order valence-corrected chi connectivity index (χ2v) is 4.20. The van der Waals surface area contributed by atoms with E-state index in [1.165, 1.54) is 0 Å². The molecule has 1 atom stereocenters. The molecule has 1 unspecified atom stereocenters. The van der Waals surface area contributed by atoms with Gasteiger partial charge < -0.3 is 15.2 Å². The van der Waals surface area contributed by atoms with Gasteiger partial charge >= 0.3 is 0 Å². The fraction of sp³-hybridized carbons (Fsp3) is 0.538. The minimum atomic E-state index is 0.0897. The first-order valence-corrected chi connectivity index (χ1v) is 5.93. The molecular weight excluding hydrogens is 202 g/mol. The van der Waals surface area contributed by atoms with Gasteiger partial charge in [0.25, 0.3) is 0 Å². The van der Waals surface area contributed by atoms with Crippen LogP contribution in [0.15, 0.2) is 24.3 Å². The summed E-state index contributed by atoms with van der Waals surface area (Å²) >= 11 is 0. The summed E-state index contributed by atoms with van der Waals surface area (Å²) in [7, 11) is 0. The molecule has 0 aliphatic carbocycles. The van der Waals surface area contributed by atoms with Crippen LogP contribution in [0.1, 0.15) is 24.8 Å². The van der Waals surface area contributed by atoms with Gasteiger partial charge in [0.2, 0.25) is 0 Å². The topological polar surface area (TPSA) is 41.5 Å². The molecule has 0 spiro atoms. The van der Waals surface area contributed by atoms with Gasteiger partial charge in [0, 0.05) is 30.5 Å². The molecule has 2 rings (SSSR count). The minimum Gasteiger partial charge on any atom is -0.392 e. The molecule has 0 radical (unpaired) electrons. The zero-order chi connectivity index (χ0) is 11.2. The number of nitrogens with one attached hydrogen (secondary N) is 1. The van der Waals surface area contributed by atoms with Crippen LogP contribution in [-0.4, -0.2) is 24.4 Å². The molecule has 3 nitrogen and oxygen atoms in total. The molecule has 1 saturated heterocycles. The third-order valence-corrected chi connectivity index (χ3v) is 3.00. The number of rotatable bonds is 3. The van der Waals surface area contributed by atoms with Gasteiger partial charge in [0.1, 0.15) is 0 Å². The van der Waals surface area contributed by atoms with E-state index in [4.69, 9.17) is 4.74 Å². The van der Waals surface area contributed by atoms with Crippen molar-refractivity contribution in [1.82, 2.24) is 0 Å². The highest BCUT2D eigenvalue weighted by Crippen LogP contribution is 2.19. The van der Waals surface area contributed by atoms with E-state index >= 15 is 0 Å². The Bertz CT molecular complexity index is 319. The number of aliphatic hydroxyl groups excluding tert-OH is 1. The number of hydrogen-bond donors (Lipinski definition) is 2. The van der Waals surface area contributed by atoms with Crippen molar-refractivity contribution < 1.29 is 9.84 Å². The van der Waals surface area contributed by atoms with Crippen LogP contribution in [0.3, 0.4) is 0 Å². The largest absolute Gasteiger partial charge is 0.392 e. The average molecular weight is 221 g/mol. The molecule has 2 N–H and O–H groups in total. The third-order valence-electron chi connectivity index (χ3n) is 3.00. The Morgan fingerprint density at radius 3 is 3.00 bits per heavy atom. The van der Waals surface area contributed by atoms with E-state index in [2.05, 4.69) is 5.32 Å². The molecule has 16 heavy (non-hydrogen) atoms. The van der Waals surface area contributed by atoms with Crippen molar-refractivity contribution in [2.45, 2.75) is 31.9 Å². The Kier molecular flexibility index (Phi) is 4.19. The van der Waals surface area contributed by atoms with Crippen LogP contribution in [0.4, 0.5) is 5.69 Å². The molecule has 88 valence electrons. The number of anilines is 1. The molecule has 1 aromatic carbocycles. The van der Waals surface area contributed by atoms with Gasteiger partial charge in [-0.3, -0.25) is 0 Å². The Morgan fingerprint density at radius 2 is 2.12 bits per heavy atom. The lowest BCUT2D eigenvalue weighted by Crippen LogP contribution is -2.20. The summed E-state index contributed by atoms with van der Waals surface area (Å²) in [5, 5.41) is 12.7.